The Morgan fingerprint density at radius 2 is 1.84 bits per heavy atom. The van der Waals surface area contributed by atoms with E-state index in [4.69, 9.17) is 16.3 Å². The van der Waals surface area contributed by atoms with E-state index >= 15 is 0 Å². The molecular weight excluding hydrogens is 344 g/mol. The minimum absolute atomic E-state index is 0.0575. The summed E-state index contributed by atoms with van der Waals surface area (Å²) in [6.45, 7) is 0. The number of non-ortho nitro benzene ring substituents is 1. The summed E-state index contributed by atoms with van der Waals surface area (Å²) in [4.78, 5) is 22.6. The van der Waals surface area contributed by atoms with Gasteiger partial charge in [-0.25, -0.2) is 0 Å². The normalized spacial score (nSPS) is 14.3. The zero-order valence-corrected chi connectivity index (χ0v) is 14.2. The van der Waals surface area contributed by atoms with E-state index in [-0.39, 0.29) is 22.4 Å². The molecule has 0 aliphatic heterocycles. The number of hydrogen-bond donors (Lipinski definition) is 1. The summed E-state index contributed by atoms with van der Waals surface area (Å²) >= 11 is 5.98. The first-order valence-electron chi connectivity index (χ1n) is 8.05. The molecule has 6 nitrogen and oxygen atoms in total. The summed E-state index contributed by atoms with van der Waals surface area (Å²) in [6.07, 6.45) is 4.81. The van der Waals surface area contributed by atoms with Crippen LogP contribution in [0.4, 0.5) is 11.4 Å². The second-order valence-corrected chi connectivity index (χ2v) is 6.33. The van der Waals surface area contributed by atoms with Crippen molar-refractivity contribution in [3.8, 4) is 5.75 Å². The molecule has 1 aliphatic carbocycles. The Balaban J connectivity index is 1.68. The van der Waals surface area contributed by atoms with Gasteiger partial charge in [0.15, 0.2) is 0 Å². The van der Waals surface area contributed by atoms with Crippen molar-refractivity contribution in [3.63, 3.8) is 0 Å². The average molecular weight is 361 g/mol. The quantitative estimate of drug-likeness (QED) is 0.612. The number of rotatable bonds is 5. The molecule has 0 radical (unpaired) electrons. The van der Waals surface area contributed by atoms with Gasteiger partial charge in [0.2, 0.25) is 0 Å². The molecule has 1 N–H and O–H groups in total. The lowest BCUT2D eigenvalue weighted by Gasteiger charge is -2.13. The lowest BCUT2D eigenvalue weighted by atomic mass is 10.2. The first-order chi connectivity index (χ1) is 12.0. The van der Waals surface area contributed by atoms with Gasteiger partial charge in [-0.1, -0.05) is 11.6 Å². The minimum atomic E-state index is -0.567. The van der Waals surface area contributed by atoms with E-state index < -0.39 is 10.8 Å². The highest BCUT2D eigenvalue weighted by Gasteiger charge is 2.17. The second kappa shape index (κ2) is 7.53. The molecule has 0 bridgehead atoms. The van der Waals surface area contributed by atoms with Crippen LogP contribution in [-0.2, 0) is 0 Å². The van der Waals surface area contributed by atoms with Crippen LogP contribution in [0.2, 0.25) is 5.02 Å². The number of nitro groups is 1. The third-order valence-electron chi connectivity index (χ3n) is 4.12. The molecule has 25 heavy (non-hydrogen) atoms. The zero-order chi connectivity index (χ0) is 17.8. The van der Waals surface area contributed by atoms with Crippen molar-refractivity contribution < 1.29 is 14.5 Å². The van der Waals surface area contributed by atoms with Gasteiger partial charge in [0.1, 0.15) is 5.75 Å². The number of halogens is 1. The first-order valence-corrected chi connectivity index (χ1v) is 8.43. The van der Waals surface area contributed by atoms with Crippen LogP contribution in [0.5, 0.6) is 5.75 Å². The number of carbonyl (C=O) groups is 1. The van der Waals surface area contributed by atoms with E-state index in [9.17, 15) is 14.9 Å². The van der Waals surface area contributed by atoms with Gasteiger partial charge in [-0.2, -0.15) is 0 Å². The van der Waals surface area contributed by atoms with Crippen LogP contribution in [0.1, 0.15) is 36.0 Å². The van der Waals surface area contributed by atoms with Crippen LogP contribution in [0.3, 0.4) is 0 Å². The maximum atomic E-state index is 12.3. The Bertz CT molecular complexity index is 786. The summed E-state index contributed by atoms with van der Waals surface area (Å²) in [7, 11) is 0. The molecule has 1 saturated carbocycles. The summed E-state index contributed by atoms with van der Waals surface area (Å²) in [5, 5.41) is 13.7. The van der Waals surface area contributed by atoms with E-state index in [1.807, 2.05) is 0 Å². The lowest BCUT2D eigenvalue weighted by molar-refractivity contribution is -0.384. The van der Waals surface area contributed by atoms with Crippen LogP contribution in [0, 0.1) is 10.1 Å². The highest BCUT2D eigenvalue weighted by Crippen LogP contribution is 2.26. The van der Waals surface area contributed by atoms with Crippen LogP contribution < -0.4 is 10.1 Å². The van der Waals surface area contributed by atoms with Crippen molar-refractivity contribution in [2.24, 2.45) is 0 Å². The van der Waals surface area contributed by atoms with Gasteiger partial charge in [0.25, 0.3) is 11.6 Å². The Kier molecular flexibility index (Phi) is 5.19. The van der Waals surface area contributed by atoms with Gasteiger partial charge in [-0.3, -0.25) is 14.9 Å². The molecule has 2 aromatic rings. The summed E-state index contributed by atoms with van der Waals surface area (Å²) in [5.41, 5.74) is 0.434. The average Bonchev–Trinajstić information content (AvgIpc) is 3.09. The van der Waals surface area contributed by atoms with E-state index in [1.54, 1.807) is 24.3 Å². The van der Waals surface area contributed by atoms with E-state index in [0.717, 1.165) is 24.7 Å². The molecule has 0 spiro atoms. The number of hydrogen-bond acceptors (Lipinski definition) is 4. The number of nitrogens with one attached hydrogen (secondary N) is 1. The zero-order valence-electron chi connectivity index (χ0n) is 13.4. The van der Waals surface area contributed by atoms with Gasteiger partial charge < -0.3 is 10.1 Å². The number of amides is 1. The maximum absolute atomic E-state index is 12.3. The molecule has 0 unspecified atom stereocenters. The Morgan fingerprint density at radius 3 is 2.48 bits per heavy atom. The number of nitro benzene ring substituents is 1. The van der Waals surface area contributed by atoms with Crippen LogP contribution in [-0.4, -0.2) is 16.9 Å². The number of anilines is 1. The molecule has 0 saturated heterocycles. The monoisotopic (exact) mass is 360 g/mol. The van der Waals surface area contributed by atoms with Crippen molar-refractivity contribution in [1.82, 2.24) is 0 Å². The van der Waals surface area contributed by atoms with Crippen molar-refractivity contribution in [2.45, 2.75) is 31.8 Å². The minimum Gasteiger partial charge on any atom is -0.490 e. The molecule has 0 aromatic heterocycles. The van der Waals surface area contributed by atoms with E-state index in [1.165, 1.54) is 25.0 Å². The van der Waals surface area contributed by atoms with Crippen molar-refractivity contribution in [3.05, 3.63) is 63.2 Å². The fraction of sp³-hybridized carbons (Fsp3) is 0.278. The Labute approximate surface area is 149 Å². The number of carbonyl (C=O) groups excluding carboxylic acids is 1. The van der Waals surface area contributed by atoms with Crippen molar-refractivity contribution in [2.75, 3.05) is 5.32 Å². The topological polar surface area (TPSA) is 81.5 Å². The SMILES string of the molecule is O=C(Nc1ccc(OC2CCCC2)cc1)c1cc([N+](=O)[O-])ccc1Cl. The van der Waals surface area contributed by atoms with Gasteiger partial charge in [0, 0.05) is 17.8 Å². The van der Waals surface area contributed by atoms with Crippen LogP contribution in [0.25, 0.3) is 0 Å². The molecule has 1 aliphatic rings. The molecule has 130 valence electrons. The molecule has 0 heterocycles. The number of nitrogens with zero attached hydrogens (tertiary/aromatic N) is 1. The van der Waals surface area contributed by atoms with Crippen molar-refractivity contribution >= 4 is 28.9 Å². The third kappa shape index (κ3) is 4.28. The van der Waals surface area contributed by atoms with Gasteiger partial charge >= 0.3 is 0 Å². The van der Waals surface area contributed by atoms with Crippen molar-refractivity contribution in [1.29, 1.82) is 0 Å². The summed E-state index contributed by atoms with van der Waals surface area (Å²) < 4.78 is 5.87. The highest BCUT2D eigenvalue weighted by atomic mass is 35.5. The molecule has 2 aromatic carbocycles. The van der Waals surface area contributed by atoms with E-state index in [0.29, 0.717) is 5.69 Å². The van der Waals surface area contributed by atoms with Gasteiger partial charge in [0.05, 0.1) is 21.6 Å². The summed E-state index contributed by atoms with van der Waals surface area (Å²) in [5.74, 6) is 0.261. The standard InChI is InChI=1S/C18H17ClN2O4/c19-17-10-7-13(21(23)24)11-16(17)18(22)20-12-5-8-15(9-6-12)25-14-3-1-2-4-14/h5-11,14H,1-4H2,(H,20,22). The molecule has 0 atom stereocenters. The van der Waals surface area contributed by atoms with Crippen LogP contribution >= 0.6 is 11.6 Å². The van der Waals surface area contributed by atoms with Gasteiger partial charge in [-0.15, -0.1) is 0 Å². The molecule has 3 rings (SSSR count). The molecule has 1 amide bonds. The lowest BCUT2D eigenvalue weighted by Crippen LogP contribution is -2.13. The predicted octanol–water partition coefficient (Wildman–Crippen LogP) is 4.82. The number of ether oxygens (including phenoxy) is 1. The first kappa shape index (κ1) is 17.2. The predicted molar refractivity (Wildman–Crippen MR) is 95.4 cm³/mol. The van der Waals surface area contributed by atoms with Crippen LogP contribution in [0.15, 0.2) is 42.5 Å². The molecule has 7 heteroatoms. The number of benzene rings is 2. The van der Waals surface area contributed by atoms with Gasteiger partial charge in [-0.05, 0) is 56.0 Å². The maximum Gasteiger partial charge on any atom is 0.270 e. The summed E-state index contributed by atoms with van der Waals surface area (Å²) in [6, 6.07) is 10.8. The highest BCUT2D eigenvalue weighted by molar-refractivity contribution is 6.34. The Morgan fingerprint density at radius 1 is 1.16 bits per heavy atom. The Hall–Kier alpha value is -2.60. The third-order valence-corrected chi connectivity index (χ3v) is 4.45. The smallest absolute Gasteiger partial charge is 0.270 e. The molecular formula is C18H17ClN2O4. The fourth-order valence-electron chi connectivity index (χ4n) is 2.81. The largest absolute Gasteiger partial charge is 0.490 e. The fourth-order valence-corrected chi connectivity index (χ4v) is 3.02. The van der Waals surface area contributed by atoms with E-state index in [2.05, 4.69) is 5.32 Å². The second-order valence-electron chi connectivity index (χ2n) is 5.92. The molecule has 1 fully saturated rings.